The van der Waals surface area contributed by atoms with Gasteiger partial charge in [-0.05, 0) is 43.7 Å². The first-order valence-corrected chi connectivity index (χ1v) is 8.96. The highest BCUT2D eigenvalue weighted by atomic mass is 16.5. The first kappa shape index (κ1) is 18.4. The van der Waals surface area contributed by atoms with Gasteiger partial charge in [0.15, 0.2) is 0 Å². The summed E-state index contributed by atoms with van der Waals surface area (Å²) in [6.45, 7) is 3.85. The normalized spacial score (nSPS) is 20.8. The predicted molar refractivity (Wildman–Crippen MR) is 99.9 cm³/mol. The van der Waals surface area contributed by atoms with E-state index in [0.29, 0.717) is 18.7 Å². The molecule has 1 fully saturated rings. The van der Waals surface area contributed by atoms with Gasteiger partial charge in [-0.25, -0.2) is 4.98 Å². The number of ether oxygens (including phenoxy) is 1. The number of aliphatic hydroxyl groups excluding tert-OH is 1. The van der Waals surface area contributed by atoms with Gasteiger partial charge in [-0.2, -0.15) is 0 Å². The van der Waals surface area contributed by atoms with Crippen molar-refractivity contribution < 1.29 is 14.6 Å². The van der Waals surface area contributed by atoms with E-state index in [4.69, 9.17) is 4.74 Å². The third-order valence-corrected chi connectivity index (χ3v) is 5.30. The van der Waals surface area contributed by atoms with Crippen LogP contribution in [0.2, 0.25) is 0 Å². The summed E-state index contributed by atoms with van der Waals surface area (Å²) in [5, 5.41) is 12.9. The van der Waals surface area contributed by atoms with Crippen molar-refractivity contribution in [2.75, 3.05) is 7.11 Å². The minimum Gasteiger partial charge on any atom is -0.481 e. The van der Waals surface area contributed by atoms with E-state index in [1.165, 1.54) is 0 Å². The summed E-state index contributed by atoms with van der Waals surface area (Å²) in [6, 6.07) is 13.3. The van der Waals surface area contributed by atoms with Crippen molar-refractivity contribution in [3.05, 3.63) is 59.8 Å². The second-order valence-corrected chi connectivity index (χ2v) is 7.46. The molecular formula is C21H26N2O3. The number of carbonyl (C=O) groups is 1. The summed E-state index contributed by atoms with van der Waals surface area (Å²) >= 11 is 0. The molecule has 5 nitrogen and oxygen atoms in total. The maximum absolute atomic E-state index is 13.1. The third kappa shape index (κ3) is 3.73. The van der Waals surface area contributed by atoms with Crippen LogP contribution in [0.4, 0.5) is 0 Å². The van der Waals surface area contributed by atoms with E-state index in [0.717, 1.165) is 11.1 Å². The minimum atomic E-state index is -0.651. The molecule has 1 amide bonds. The molecule has 138 valence electrons. The molecule has 1 atom stereocenters. The van der Waals surface area contributed by atoms with Crippen LogP contribution in [0, 0.1) is 5.92 Å². The largest absolute Gasteiger partial charge is 0.481 e. The smallest absolute Gasteiger partial charge is 0.230 e. The van der Waals surface area contributed by atoms with Crippen molar-refractivity contribution in [1.29, 1.82) is 0 Å². The molecule has 1 aromatic carbocycles. The highest BCUT2D eigenvalue weighted by molar-refractivity contribution is 5.87. The van der Waals surface area contributed by atoms with E-state index in [-0.39, 0.29) is 24.0 Å². The van der Waals surface area contributed by atoms with Crippen molar-refractivity contribution in [2.24, 2.45) is 5.92 Å². The van der Waals surface area contributed by atoms with Crippen molar-refractivity contribution in [1.82, 2.24) is 10.3 Å². The van der Waals surface area contributed by atoms with Crippen LogP contribution in [0.15, 0.2) is 48.7 Å². The van der Waals surface area contributed by atoms with Gasteiger partial charge in [0, 0.05) is 12.3 Å². The Balaban J connectivity index is 1.82. The van der Waals surface area contributed by atoms with Crippen LogP contribution in [0.5, 0.6) is 5.88 Å². The molecule has 2 aromatic rings. The van der Waals surface area contributed by atoms with E-state index in [1.807, 2.05) is 50.2 Å². The highest BCUT2D eigenvalue weighted by Gasteiger charge is 2.38. The topological polar surface area (TPSA) is 71.5 Å². The van der Waals surface area contributed by atoms with Gasteiger partial charge in [-0.3, -0.25) is 4.79 Å². The van der Waals surface area contributed by atoms with Gasteiger partial charge < -0.3 is 15.2 Å². The number of methoxy groups -OCH3 is 1. The van der Waals surface area contributed by atoms with Crippen LogP contribution in [-0.2, 0) is 10.2 Å². The molecule has 26 heavy (non-hydrogen) atoms. The van der Waals surface area contributed by atoms with Gasteiger partial charge in [-0.15, -0.1) is 0 Å². The van der Waals surface area contributed by atoms with Crippen LogP contribution >= 0.6 is 0 Å². The zero-order chi connectivity index (χ0) is 18.7. The molecule has 1 aliphatic carbocycles. The van der Waals surface area contributed by atoms with Crippen LogP contribution in [0.25, 0.3) is 0 Å². The number of nitrogens with one attached hydrogen (secondary N) is 1. The van der Waals surface area contributed by atoms with E-state index in [2.05, 4.69) is 10.3 Å². The number of amides is 1. The fourth-order valence-corrected chi connectivity index (χ4v) is 3.38. The quantitative estimate of drug-likeness (QED) is 0.836. The Bertz CT molecular complexity index is 738. The summed E-state index contributed by atoms with van der Waals surface area (Å²) in [7, 11) is 1.58. The number of hydrogen-bond acceptors (Lipinski definition) is 4. The summed E-state index contributed by atoms with van der Waals surface area (Å²) in [5.74, 6) is 0.707. The molecular weight excluding hydrogens is 328 g/mol. The maximum Gasteiger partial charge on any atom is 0.230 e. The van der Waals surface area contributed by atoms with E-state index in [9.17, 15) is 9.90 Å². The van der Waals surface area contributed by atoms with Crippen molar-refractivity contribution >= 4 is 5.91 Å². The van der Waals surface area contributed by atoms with Crippen LogP contribution in [-0.4, -0.2) is 29.2 Å². The van der Waals surface area contributed by atoms with Gasteiger partial charge >= 0.3 is 0 Å². The third-order valence-electron chi connectivity index (χ3n) is 5.30. The molecule has 3 rings (SSSR count). The molecule has 1 heterocycles. The average Bonchev–Trinajstić information content (AvgIpc) is 2.64. The van der Waals surface area contributed by atoms with Crippen molar-refractivity contribution in [2.45, 2.75) is 44.2 Å². The fourth-order valence-electron chi connectivity index (χ4n) is 3.38. The van der Waals surface area contributed by atoms with E-state index >= 15 is 0 Å². The first-order chi connectivity index (χ1) is 12.4. The Hall–Kier alpha value is -2.40. The molecule has 0 radical (unpaired) electrons. The monoisotopic (exact) mass is 354 g/mol. The molecule has 1 aliphatic rings. The molecule has 1 saturated carbocycles. The van der Waals surface area contributed by atoms with Crippen LogP contribution in [0.1, 0.15) is 43.9 Å². The van der Waals surface area contributed by atoms with E-state index < -0.39 is 5.41 Å². The molecule has 1 unspecified atom stereocenters. The Kier molecular flexibility index (Phi) is 5.28. The van der Waals surface area contributed by atoms with Gasteiger partial charge in [-0.1, -0.05) is 36.4 Å². The zero-order valence-corrected chi connectivity index (χ0v) is 15.5. The molecule has 5 heteroatoms. The second-order valence-electron chi connectivity index (χ2n) is 7.46. The fraction of sp³-hybridized carbons (Fsp3) is 0.429. The molecule has 2 N–H and O–H groups in total. The van der Waals surface area contributed by atoms with Crippen LogP contribution < -0.4 is 10.1 Å². The summed E-state index contributed by atoms with van der Waals surface area (Å²) in [4.78, 5) is 17.3. The molecule has 0 bridgehead atoms. The highest BCUT2D eigenvalue weighted by Crippen LogP contribution is 2.39. The van der Waals surface area contributed by atoms with Gasteiger partial charge in [0.1, 0.15) is 0 Å². The number of pyridine rings is 1. The lowest BCUT2D eigenvalue weighted by Gasteiger charge is -2.39. The van der Waals surface area contributed by atoms with Gasteiger partial charge in [0.05, 0.1) is 24.7 Å². The number of aromatic nitrogens is 1. The number of rotatable bonds is 6. The lowest BCUT2D eigenvalue weighted by Crippen LogP contribution is -2.47. The minimum absolute atomic E-state index is 0.0362. The molecule has 1 aromatic heterocycles. The summed E-state index contributed by atoms with van der Waals surface area (Å²) in [6.07, 6.45) is 2.82. The van der Waals surface area contributed by atoms with Gasteiger partial charge in [0.2, 0.25) is 11.8 Å². The lowest BCUT2D eigenvalue weighted by molar-refractivity contribution is -0.127. The number of nitrogens with zero attached hydrogens (tertiary/aromatic N) is 1. The number of benzene rings is 1. The number of hydrogen-bond donors (Lipinski definition) is 2. The van der Waals surface area contributed by atoms with Crippen molar-refractivity contribution in [3.63, 3.8) is 0 Å². The second kappa shape index (κ2) is 7.46. The maximum atomic E-state index is 13.1. The number of aliphatic hydroxyl groups is 1. The molecule has 0 saturated heterocycles. The Morgan fingerprint density at radius 1 is 1.23 bits per heavy atom. The Labute approximate surface area is 154 Å². The van der Waals surface area contributed by atoms with Crippen LogP contribution in [0.3, 0.4) is 0 Å². The number of carbonyl (C=O) groups excluding carboxylic acids is 1. The lowest BCUT2D eigenvalue weighted by atomic mass is 9.74. The van der Waals surface area contributed by atoms with E-state index in [1.54, 1.807) is 19.4 Å². The average molecular weight is 354 g/mol. The molecule has 0 aliphatic heterocycles. The standard InChI is InChI=1S/C21H26N2O3/c1-21(2,16-7-5-4-6-8-16)20(25)23-19(15-11-17(24)12-15)14-9-10-18(26-3)22-13-14/h4-10,13,15,17,19,24H,11-12H2,1-3H3,(H,23,25). The SMILES string of the molecule is COc1ccc(C(NC(=O)C(C)(C)c2ccccc2)C2CC(O)C2)cn1. The zero-order valence-electron chi connectivity index (χ0n) is 15.5. The predicted octanol–water partition coefficient (Wildman–Crippen LogP) is 3.00. The Morgan fingerprint density at radius 3 is 2.46 bits per heavy atom. The summed E-state index contributed by atoms with van der Waals surface area (Å²) in [5.41, 5.74) is 1.25. The first-order valence-electron chi connectivity index (χ1n) is 8.96. The summed E-state index contributed by atoms with van der Waals surface area (Å²) < 4.78 is 5.12. The Morgan fingerprint density at radius 2 is 1.92 bits per heavy atom. The van der Waals surface area contributed by atoms with Crippen molar-refractivity contribution in [3.8, 4) is 5.88 Å². The molecule has 0 spiro atoms. The van der Waals surface area contributed by atoms with Gasteiger partial charge in [0.25, 0.3) is 0 Å².